The second-order valence-corrected chi connectivity index (χ2v) is 4.16. The van der Waals surface area contributed by atoms with Gasteiger partial charge in [0, 0.05) is 25.2 Å². The zero-order valence-electron chi connectivity index (χ0n) is 10.4. The van der Waals surface area contributed by atoms with Crippen molar-refractivity contribution in [3.8, 4) is 0 Å². The highest BCUT2D eigenvalue weighted by molar-refractivity contribution is 5.43. The molecule has 1 rings (SSSR count). The molecule has 1 aromatic heterocycles. The van der Waals surface area contributed by atoms with Crippen molar-refractivity contribution in [3.05, 3.63) is 28.4 Å². The number of likely N-dealkylation sites (N-methyl/N-ethyl adjacent to an activating group) is 1. The summed E-state index contributed by atoms with van der Waals surface area (Å²) >= 11 is 0. The molecule has 0 aromatic carbocycles. The van der Waals surface area contributed by atoms with Crippen LogP contribution in [0.15, 0.2) is 18.3 Å². The smallest absolute Gasteiger partial charge is 0.363 e. The SMILES string of the molecule is CC(C)N(C)CCNc1ccc([N+](=O)[O-])nc1. The van der Waals surface area contributed by atoms with Crippen LogP contribution in [0.4, 0.5) is 11.5 Å². The minimum atomic E-state index is -0.504. The molecule has 1 N–H and O–H groups in total. The van der Waals surface area contributed by atoms with Crippen LogP contribution in [-0.4, -0.2) is 41.0 Å². The third kappa shape index (κ3) is 4.36. The van der Waals surface area contributed by atoms with Gasteiger partial charge in [-0.3, -0.25) is 0 Å². The fourth-order valence-corrected chi connectivity index (χ4v) is 1.23. The van der Waals surface area contributed by atoms with E-state index < -0.39 is 4.92 Å². The Morgan fingerprint density at radius 1 is 1.53 bits per heavy atom. The molecule has 0 atom stereocenters. The lowest BCUT2D eigenvalue weighted by molar-refractivity contribution is -0.389. The Morgan fingerprint density at radius 3 is 2.71 bits per heavy atom. The molecular formula is C11H18N4O2. The third-order valence-corrected chi connectivity index (χ3v) is 2.61. The van der Waals surface area contributed by atoms with Gasteiger partial charge in [0.15, 0.2) is 6.20 Å². The molecule has 0 aliphatic heterocycles. The van der Waals surface area contributed by atoms with Gasteiger partial charge in [0.25, 0.3) is 0 Å². The third-order valence-electron chi connectivity index (χ3n) is 2.61. The van der Waals surface area contributed by atoms with Crippen LogP contribution in [0.25, 0.3) is 0 Å². The Kier molecular flexibility index (Phi) is 4.84. The van der Waals surface area contributed by atoms with Gasteiger partial charge in [-0.2, -0.15) is 0 Å². The molecule has 0 saturated heterocycles. The fourth-order valence-electron chi connectivity index (χ4n) is 1.23. The fraction of sp³-hybridized carbons (Fsp3) is 0.545. The highest BCUT2D eigenvalue weighted by atomic mass is 16.6. The van der Waals surface area contributed by atoms with Crippen molar-refractivity contribution in [2.75, 3.05) is 25.5 Å². The molecule has 6 nitrogen and oxygen atoms in total. The van der Waals surface area contributed by atoms with E-state index in [-0.39, 0.29) is 5.82 Å². The van der Waals surface area contributed by atoms with Crippen LogP contribution in [-0.2, 0) is 0 Å². The van der Waals surface area contributed by atoms with Gasteiger partial charge in [-0.05, 0) is 36.9 Å². The number of pyridine rings is 1. The number of anilines is 1. The Hall–Kier alpha value is -1.69. The maximum absolute atomic E-state index is 10.4. The summed E-state index contributed by atoms with van der Waals surface area (Å²) in [6.07, 6.45) is 1.48. The summed E-state index contributed by atoms with van der Waals surface area (Å²) in [6.45, 7) is 5.96. The minimum Gasteiger partial charge on any atom is -0.381 e. The van der Waals surface area contributed by atoms with E-state index in [1.54, 1.807) is 6.07 Å². The van der Waals surface area contributed by atoms with Gasteiger partial charge in [-0.25, -0.2) is 0 Å². The first-order chi connectivity index (χ1) is 8.00. The molecule has 17 heavy (non-hydrogen) atoms. The molecule has 0 amide bonds. The van der Waals surface area contributed by atoms with Crippen LogP contribution in [0.3, 0.4) is 0 Å². The van der Waals surface area contributed by atoms with E-state index in [4.69, 9.17) is 0 Å². The lowest BCUT2D eigenvalue weighted by Gasteiger charge is -2.20. The summed E-state index contributed by atoms with van der Waals surface area (Å²) in [5, 5.41) is 13.6. The molecule has 94 valence electrons. The quantitative estimate of drug-likeness (QED) is 0.603. The van der Waals surface area contributed by atoms with Crippen LogP contribution < -0.4 is 5.32 Å². The number of nitrogens with one attached hydrogen (secondary N) is 1. The molecule has 0 fully saturated rings. The summed E-state index contributed by atoms with van der Waals surface area (Å²) in [5.74, 6) is -0.130. The lowest BCUT2D eigenvalue weighted by atomic mass is 10.3. The van der Waals surface area contributed by atoms with Crippen LogP contribution in [0.1, 0.15) is 13.8 Å². The van der Waals surface area contributed by atoms with E-state index in [2.05, 4.69) is 36.1 Å². The van der Waals surface area contributed by atoms with Crippen molar-refractivity contribution < 1.29 is 4.92 Å². The van der Waals surface area contributed by atoms with Crippen molar-refractivity contribution in [3.63, 3.8) is 0 Å². The molecule has 0 unspecified atom stereocenters. The van der Waals surface area contributed by atoms with Crippen LogP contribution in [0.2, 0.25) is 0 Å². The monoisotopic (exact) mass is 238 g/mol. The Morgan fingerprint density at radius 2 is 2.24 bits per heavy atom. The molecule has 6 heteroatoms. The van der Waals surface area contributed by atoms with E-state index in [0.29, 0.717) is 6.04 Å². The van der Waals surface area contributed by atoms with E-state index >= 15 is 0 Å². The second-order valence-electron chi connectivity index (χ2n) is 4.16. The average Bonchev–Trinajstić information content (AvgIpc) is 2.29. The predicted molar refractivity (Wildman–Crippen MR) is 67.1 cm³/mol. The molecule has 0 aliphatic carbocycles. The first-order valence-corrected chi connectivity index (χ1v) is 5.55. The number of aromatic nitrogens is 1. The van der Waals surface area contributed by atoms with Crippen molar-refractivity contribution in [2.24, 2.45) is 0 Å². The van der Waals surface area contributed by atoms with Crippen LogP contribution >= 0.6 is 0 Å². The first-order valence-electron chi connectivity index (χ1n) is 5.55. The highest BCUT2D eigenvalue weighted by Crippen LogP contribution is 2.10. The Labute approximate surface area is 101 Å². The summed E-state index contributed by atoms with van der Waals surface area (Å²) in [4.78, 5) is 15.9. The Balaban J connectivity index is 2.40. The van der Waals surface area contributed by atoms with E-state index in [0.717, 1.165) is 18.8 Å². The van der Waals surface area contributed by atoms with Gasteiger partial charge < -0.3 is 20.3 Å². The average molecular weight is 238 g/mol. The summed E-state index contributed by atoms with van der Waals surface area (Å²) in [6, 6.07) is 3.57. The molecule has 0 bridgehead atoms. The molecule has 0 spiro atoms. The number of hydrogen-bond acceptors (Lipinski definition) is 5. The topological polar surface area (TPSA) is 71.3 Å². The maximum atomic E-state index is 10.4. The van der Waals surface area contributed by atoms with Crippen LogP contribution in [0.5, 0.6) is 0 Å². The number of nitro groups is 1. The van der Waals surface area contributed by atoms with Gasteiger partial charge in [0.1, 0.15) is 0 Å². The van der Waals surface area contributed by atoms with Gasteiger partial charge >= 0.3 is 5.82 Å². The summed E-state index contributed by atoms with van der Waals surface area (Å²) < 4.78 is 0. The Bertz CT molecular complexity index is 364. The zero-order chi connectivity index (χ0) is 12.8. The maximum Gasteiger partial charge on any atom is 0.363 e. The van der Waals surface area contributed by atoms with E-state index in [9.17, 15) is 10.1 Å². The van der Waals surface area contributed by atoms with E-state index in [1.165, 1.54) is 12.3 Å². The summed E-state index contributed by atoms with van der Waals surface area (Å²) in [7, 11) is 2.06. The first kappa shape index (κ1) is 13.4. The summed E-state index contributed by atoms with van der Waals surface area (Å²) in [5.41, 5.74) is 0.799. The molecular weight excluding hydrogens is 220 g/mol. The minimum absolute atomic E-state index is 0.130. The second kappa shape index (κ2) is 6.15. The van der Waals surface area contributed by atoms with Gasteiger partial charge in [-0.1, -0.05) is 0 Å². The van der Waals surface area contributed by atoms with Crippen molar-refractivity contribution in [1.29, 1.82) is 0 Å². The molecule has 1 aromatic rings. The number of hydrogen-bond donors (Lipinski definition) is 1. The van der Waals surface area contributed by atoms with Gasteiger partial charge in [0.2, 0.25) is 0 Å². The van der Waals surface area contributed by atoms with Crippen LogP contribution in [0, 0.1) is 10.1 Å². The van der Waals surface area contributed by atoms with Crippen molar-refractivity contribution in [2.45, 2.75) is 19.9 Å². The van der Waals surface area contributed by atoms with Gasteiger partial charge in [0.05, 0.1) is 5.69 Å². The number of nitrogens with zero attached hydrogens (tertiary/aromatic N) is 3. The zero-order valence-corrected chi connectivity index (χ0v) is 10.4. The van der Waals surface area contributed by atoms with E-state index in [1.807, 2.05) is 0 Å². The molecule has 1 heterocycles. The predicted octanol–water partition coefficient (Wildman–Crippen LogP) is 1.74. The molecule has 0 saturated carbocycles. The highest BCUT2D eigenvalue weighted by Gasteiger charge is 2.06. The standard InChI is InChI=1S/C11H18N4O2/c1-9(2)14(3)7-6-12-10-4-5-11(13-8-10)15(16)17/h4-5,8-9,12H,6-7H2,1-3H3. The van der Waals surface area contributed by atoms with Gasteiger partial charge in [-0.15, -0.1) is 0 Å². The molecule has 0 radical (unpaired) electrons. The lowest BCUT2D eigenvalue weighted by Crippen LogP contribution is -2.31. The number of rotatable bonds is 6. The normalized spacial score (nSPS) is 10.9. The van der Waals surface area contributed by atoms with Crippen molar-refractivity contribution in [1.82, 2.24) is 9.88 Å². The largest absolute Gasteiger partial charge is 0.381 e. The molecule has 0 aliphatic rings. The van der Waals surface area contributed by atoms with Crippen molar-refractivity contribution >= 4 is 11.5 Å².